The quantitative estimate of drug-likeness (QED) is 0.342. The molecule has 1 unspecified atom stereocenters. The van der Waals surface area contributed by atoms with Crippen molar-refractivity contribution in [3.8, 4) is 11.4 Å². The van der Waals surface area contributed by atoms with E-state index in [9.17, 15) is 9.59 Å². The van der Waals surface area contributed by atoms with Crippen LogP contribution in [-0.2, 0) is 4.79 Å². The molecule has 0 aliphatic heterocycles. The predicted octanol–water partition coefficient (Wildman–Crippen LogP) is 3.78. The fourth-order valence-electron chi connectivity index (χ4n) is 3.11. The van der Waals surface area contributed by atoms with E-state index in [-0.39, 0.29) is 12.3 Å². The Hall–Kier alpha value is -4.04. The second-order valence-corrected chi connectivity index (χ2v) is 7.25. The molecule has 0 aliphatic rings. The van der Waals surface area contributed by atoms with Gasteiger partial charge in [-0.05, 0) is 52.4 Å². The summed E-state index contributed by atoms with van der Waals surface area (Å²) in [5, 5.41) is 14.2. The number of benzene rings is 3. The zero-order valence-corrected chi connectivity index (χ0v) is 17.5. The number of halogens is 1. The van der Waals surface area contributed by atoms with Crippen LogP contribution in [0, 0.1) is 0 Å². The predicted molar refractivity (Wildman–Crippen MR) is 118 cm³/mol. The molecule has 9 heteroatoms. The van der Waals surface area contributed by atoms with E-state index in [0.29, 0.717) is 16.3 Å². The van der Waals surface area contributed by atoms with Crippen molar-refractivity contribution in [2.45, 2.75) is 12.5 Å². The van der Waals surface area contributed by atoms with E-state index in [0.717, 1.165) is 11.3 Å². The number of rotatable bonds is 7. The Morgan fingerprint density at radius 1 is 0.969 bits per heavy atom. The van der Waals surface area contributed by atoms with Crippen LogP contribution in [0.15, 0.2) is 85.2 Å². The van der Waals surface area contributed by atoms with Gasteiger partial charge in [-0.25, -0.2) is 4.68 Å². The first-order valence-electron chi connectivity index (χ1n) is 9.74. The topological polar surface area (TPSA) is 99.0 Å². The van der Waals surface area contributed by atoms with Crippen molar-refractivity contribution in [3.63, 3.8) is 0 Å². The van der Waals surface area contributed by atoms with Gasteiger partial charge in [0.25, 0.3) is 5.91 Å². The van der Waals surface area contributed by atoms with Crippen LogP contribution in [0.2, 0.25) is 5.02 Å². The molecular weight excluding hydrogens is 430 g/mol. The highest BCUT2D eigenvalue weighted by atomic mass is 35.5. The number of ether oxygens (including phenoxy) is 1. The number of carbonyl (C=O) groups excluding carboxylic acids is 2. The van der Waals surface area contributed by atoms with Crippen molar-refractivity contribution in [1.82, 2.24) is 25.5 Å². The molecule has 32 heavy (non-hydrogen) atoms. The van der Waals surface area contributed by atoms with Crippen LogP contribution in [0.5, 0.6) is 5.75 Å². The highest BCUT2D eigenvalue weighted by Crippen LogP contribution is 2.22. The van der Waals surface area contributed by atoms with Gasteiger partial charge >= 0.3 is 5.97 Å². The second kappa shape index (κ2) is 9.84. The molecule has 4 rings (SSSR count). The van der Waals surface area contributed by atoms with E-state index in [1.54, 1.807) is 48.5 Å². The van der Waals surface area contributed by atoms with Crippen molar-refractivity contribution in [2.75, 3.05) is 0 Å². The molecule has 0 bridgehead atoms. The summed E-state index contributed by atoms with van der Waals surface area (Å²) in [7, 11) is 0. The highest BCUT2D eigenvalue weighted by molar-refractivity contribution is 6.33. The summed E-state index contributed by atoms with van der Waals surface area (Å²) in [4.78, 5) is 25.4. The number of nitrogens with zero attached hydrogens (tertiary/aromatic N) is 4. The van der Waals surface area contributed by atoms with E-state index in [1.807, 2.05) is 30.3 Å². The van der Waals surface area contributed by atoms with Crippen LogP contribution in [0.1, 0.15) is 28.4 Å². The molecule has 1 atom stereocenters. The molecule has 8 nitrogen and oxygen atoms in total. The van der Waals surface area contributed by atoms with Crippen LogP contribution >= 0.6 is 11.6 Å². The lowest BCUT2D eigenvalue weighted by molar-refractivity contribution is -0.134. The Kier molecular flexibility index (Phi) is 6.52. The minimum atomic E-state index is -0.590. The molecule has 3 aromatic carbocycles. The molecule has 0 saturated heterocycles. The maximum Gasteiger partial charge on any atom is 0.313 e. The van der Waals surface area contributed by atoms with Gasteiger partial charge in [-0.1, -0.05) is 54.1 Å². The van der Waals surface area contributed by atoms with Crippen molar-refractivity contribution in [2.24, 2.45) is 0 Å². The van der Waals surface area contributed by atoms with Gasteiger partial charge in [0.1, 0.15) is 12.1 Å². The molecule has 160 valence electrons. The lowest BCUT2D eigenvalue weighted by Crippen LogP contribution is -2.31. The largest absolute Gasteiger partial charge is 0.426 e. The Morgan fingerprint density at radius 3 is 2.38 bits per heavy atom. The number of amides is 1. The van der Waals surface area contributed by atoms with Crippen molar-refractivity contribution < 1.29 is 14.3 Å². The Labute approximate surface area is 188 Å². The molecule has 0 saturated carbocycles. The first-order chi connectivity index (χ1) is 15.6. The highest BCUT2D eigenvalue weighted by Gasteiger charge is 2.21. The summed E-state index contributed by atoms with van der Waals surface area (Å²) >= 11 is 6.14. The number of tetrazole rings is 1. The van der Waals surface area contributed by atoms with Crippen LogP contribution in [0.4, 0.5) is 0 Å². The van der Waals surface area contributed by atoms with E-state index in [1.165, 1.54) is 11.0 Å². The maximum absolute atomic E-state index is 12.8. The molecule has 0 spiro atoms. The van der Waals surface area contributed by atoms with E-state index in [4.69, 9.17) is 16.3 Å². The average molecular weight is 448 g/mol. The number of aromatic nitrogens is 4. The van der Waals surface area contributed by atoms with E-state index < -0.39 is 12.0 Å². The zero-order chi connectivity index (χ0) is 22.3. The second-order valence-electron chi connectivity index (χ2n) is 6.84. The van der Waals surface area contributed by atoms with Crippen molar-refractivity contribution in [1.29, 1.82) is 0 Å². The first-order valence-corrected chi connectivity index (χ1v) is 10.1. The van der Waals surface area contributed by atoms with Gasteiger partial charge in [-0.15, -0.1) is 5.10 Å². The smallest absolute Gasteiger partial charge is 0.313 e. The third-order valence-electron chi connectivity index (χ3n) is 4.68. The maximum atomic E-state index is 12.8. The van der Waals surface area contributed by atoms with Gasteiger partial charge in [0, 0.05) is 0 Å². The number of nitrogens with one attached hydrogen (secondary N) is 1. The molecule has 0 fully saturated rings. The molecule has 4 aromatic rings. The van der Waals surface area contributed by atoms with Crippen molar-refractivity contribution in [3.05, 3.63) is 101 Å². The monoisotopic (exact) mass is 447 g/mol. The summed E-state index contributed by atoms with van der Waals surface area (Å²) < 4.78 is 6.96. The third-order valence-corrected chi connectivity index (χ3v) is 5.01. The SMILES string of the molecule is O=C(CC(NC(=O)c1ccccc1Cl)c1ccccc1)Oc1ccc(-n2cnnn2)cc1. The average Bonchev–Trinajstić information content (AvgIpc) is 3.35. The van der Waals surface area contributed by atoms with Crippen LogP contribution in [-0.4, -0.2) is 32.1 Å². The number of esters is 1. The molecule has 1 N–H and O–H groups in total. The summed E-state index contributed by atoms with van der Waals surface area (Å²) in [5.41, 5.74) is 1.84. The number of carbonyl (C=O) groups is 2. The van der Waals surface area contributed by atoms with Crippen LogP contribution in [0.3, 0.4) is 0 Å². The third kappa shape index (κ3) is 5.16. The minimum Gasteiger partial charge on any atom is -0.426 e. The summed E-state index contributed by atoms with van der Waals surface area (Å²) in [6.45, 7) is 0. The molecule has 0 radical (unpaired) electrons. The zero-order valence-electron chi connectivity index (χ0n) is 16.8. The summed E-state index contributed by atoms with van der Waals surface area (Å²) in [6.07, 6.45) is 1.40. The van der Waals surface area contributed by atoms with E-state index in [2.05, 4.69) is 20.8 Å². The number of hydrogen-bond acceptors (Lipinski definition) is 6. The van der Waals surface area contributed by atoms with Gasteiger partial charge in [-0.2, -0.15) is 0 Å². The Balaban J connectivity index is 1.46. The summed E-state index contributed by atoms with van der Waals surface area (Å²) in [5.74, 6) is -0.493. The molecule has 1 aromatic heterocycles. The minimum absolute atomic E-state index is 0.0606. The van der Waals surface area contributed by atoms with Gasteiger partial charge in [0.2, 0.25) is 0 Å². The Morgan fingerprint density at radius 2 is 1.69 bits per heavy atom. The molecular formula is C23H18ClN5O3. The number of hydrogen-bond donors (Lipinski definition) is 1. The van der Waals surface area contributed by atoms with Crippen molar-refractivity contribution >= 4 is 23.5 Å². The Bertz CT molecular complexity index is 1200. The van der Waals surface area contributed by atoms with Gasteiger partial charge < -0.3 is 10.1 Å². The van der Waals surface area contributed by atoms with Gasteiger partial charge in [0.15, 0.2) is 0 Å². The fraction of sp³-hybridized carbons (Fsp3) is 0.0870. The lowest BCUT2D eigenvalue weighted by Gasteiger charge is -2.19. The lowest BCUT2D eigenvalue weighted by atomic mass is 10.0. The molecule has 1 heterocycles. The molecule has 0 aliphatic carbocycles. The summed E-state index contributed by atoms with van der Waals surface area (Å²) in [6, 6.07) is 22.1. The normalized spacial score (nSPS) is 11.5. The first kappa shape index (κ1) is 21.2. The van der Waals surface area contributed by atoms with Crippen LogP contribution < -0.4 is 10.1 Å². The molecule has 1 amide bonds. The van der Waals surface area contributed by atoms with E-state index >= 15 is 0 Å². The fourth-order valence-corrected chi connectivity index (χ4v) is 3.33. The van der Waals surface area contributed by atoms with Crippen LogP contribution in [0.25, 0.3) is 5.69 Å². The van der Waals surface area contributed by atoms with Gasteiger partial charge in [-0.3, -0.25) is 9.59 Å². The van der Waals surface area contributed by atoms with Gasteiger partial charge in [0.05, 0.1) is 28.7 Å². The standard InChI is InChI=1S/C23H18ClN5O3/c24-20-9-5-4-8-19(20)23(31)26-21(16-6-2-1-3-7-16)14-22(30)32-18-12-10-17(11-13-18)29-15-25-27-28-29/h1-13,15,21H,14H2,(H,26,31).